The van der Waals surface area contributed by atoms with Crippen LogP contribution in [-0.4, -0.2) is 39.1 Å². The van der Waals surface area contributed by atoms with E-state index in [2.05, 4.69) is 0 Å². The number of cyclic esters (lactones) is 1. The molecule has 1 aliphatic rings. The molecule has 0 radical (unpaired) electrons. The Morgan fingerprint density at radius 3 is 2.32 bits per heavy atom. The van der Waals surface area contributed by atoms with Crippen LogP contribution in [-0.2, 0) is 4.74 Å². The molecule has 0 unspecified atom stereocenters. The predicted octanol–water partition coefficient (Wildman–Crippen LogP) is 1.66. The van der Waals surface area contributed by atoms with Gasteiger partial charge in [0, 0.05) is 0 Å². The summed E-state index contributed by atoms with van der Waals surface area (Å²) in [6.07, 6.45) is -1.49. The normalized spacial score (nSPS) is 27.2. The van der Waals surface area contributed by atoms with E-state index in [1.165, 1.54) is 6.92 Å². The molecule has 104 valence electrons. The fourth-order valence-corrected chi connectivity index (χ4v) is 2.08. The Kier molecular flexibility index (Phi) is 3.28. The number of benzene rings is 1. The van der Waals surface area contributed by atoms with Crippen LogP contribution >= 0.6 is 0 Å². The zero-order valence-electron chi connectivity index (χ0n) is 11.3. The second-order valence-corrected chi connectivity index (χ2v) is 5.44. The van der Waals surface area contributed by atoms with Crippen molar-refractivity contribution in [3.05, 3.63) is 35.9 Å². The highest BCUT2D eigenvalue weighted by Gasteiger charge is 2.56. The Balaban J connectivity index is 2.17. The minimum Gasteiger partial charge on any atom is -0.438 e. The molecule has 0 saturated carbocycles. The fraction of sp³-hybridized carbons (Fsp3) is 0.500. The van der Waals surface area contributed by atoms with Crippen LogP contribution in [0.1, 0.15) is 32.4 Å². The summed E-state index contributed by atoms with van der Waals surface area (Å²) < 4.78 is 5.14. The first-order valence-electron chi connectivity index (χ1n) is 6.22. The standard InChI is InChI=1S/C14H19NO4/c1-13(2)14(3,18)15(12(17)19-13)9-11(16)10-7-5-4-6-8-10/h4-8,11,16,18H,9H2,1-3H3/t11-,14+/m0/s1. The van der Waals surface area contributed by atoms with E-state index in [-0.39, 0.29) is 6.54 Å². The topological polar surface area (TPSA) is 70.0 Å². The first kappa shape index (κ1) is 13.8. The number of ether oxygens (including phenoxy) is 1. The number of β-amino-alcohol motifs (C(OH)–C–C–N with tert-alkyl or cyclic N) is 1. The van der Waals surface area contributed by atoms with E-state index >= 15 is 0 Å². The molecule has 2 N–H and O–H groups in total. The van der Waals surface area contributed by atoms with E-state index in [9.17, 15) is 15.0 Å². The minimum atomic E-state index is -1.46. The van der Waals surface area contributed by atoms with Crippen molar-refractivity contribution in [3.8, 4) is 0 Å². The molecule has 1 aromatic rings. The fourth-order valence-electron chi connectivity index (χ4n) is 2.08. The van der Waals surface area contributed by atoms with Crippen molar-refractivity contribution in [2.75, 3.05) is 6.54 Å². The van der Waals surface area contributed by atoms with Crippen molar-refractivity contribution in [2.24, 2.45) is 0 Å². The molecule has 5 nitrogen and oxygen atoms in total. The van der Waals surface area contributed by atoms with Crippen molar-refractivity contribution >= 4 is 6.09 Å². The van der Waals surface area contributed by atoms with Crippen LogP contribution in [0.3, 0.4) is 0 Å². The Labute approximate surface area is 112 Å². The van der Waals surface area contributed by atoms with Gasteiger partial charge in [0.1, 0.15) is 0 Å². The van der Waals surface area contributed by atoms with Crippen LogP contribution in [0, 0.1) is 0 Å². The molecule has 0 bridgehead atoms. The van der Waals surface area contributed by atoms with Gasteiger partial charge in [0.05, 0.1) is 12.6 Å². The molecule has 2 atom stereocenters. The van der Waals surface area contributed by atoms with E-state index in [4.69, 9.17) is 4.74 Å². The third kappa shape index (κ3) is 2.31. The lowest BCUT2D eigenvalue weighted by Crippen LogP contribution is -2.54. The lowest BCUT2D eigenvalue weighted by Gasteiger charge is -2.35. The van der Waals surface area contributed by atoms with Gasteiger partial charge in [0.2, 0.25) is 0 Å². The molecule has 1 heterocycles. The van der Waals surface area contributed by atoms with E-state index in [0.717, 1.165) is 4.90 Å². The first-order chi connectivity index (χ1) is 8.75. The lowest BCUT2D eigenvalue weighted by atomic mass is 9.95. The van der Waals surface area contributed by atoms with Gasteiger partial charge in [0.15, 0.2) is 11.3 Å². The lowest BCUT2D eigenvalue weighted by molar-refractivity contribution is -0.133. The maximum absolute atomic E-state index is 11.8. The van der Waals surface area contributed by atoms with E-state index in [0.29, 0.717) is 5.56 Å². The molecule has 1 fully saturated rings. The molecule has 0 aromatic heterocycles. The van der Waals surface area contributed by atoms with Crippen molar-refractivity contribution in [2.45, 2.75) is 38.2 Å². The first-order valence-corrected chi connectivity index (χ1v) is 6.22. The third-order valence-corrected chi connectivity index (χ3v) is 3.77. The Bertz CT molecular complexity index is 470. The summed E-state index contributed by atoms with van der Waals surface area (Å²) in [4.78, 5) is 13.0. The van der Waals surface area contributed by atoms with Gasteiger partial charge in [-0.15, -0.1) is 0 Å². The molecule has 1 saturated heterocycles. The van der Waals surface area contributed by atoms with Gasteiger partial charge in [-0.2, -0.15) is 0 Å². The monoisotopic (exact) mass is 265 g/mol. The van der Waals surface area contributed by atoms with Crippen LogP contribution in [0.4, 0.5) is 4.79 Å². The average molecular weight is 265 g/mol. The highest BCUT2D eigenvalue weighted by atomic mass is 16.6. The summed E-state index contributed by atoms with van der Waals surface area (Å²) >= 11 is 0. The van der Waals surface area contributed by atoms with Gasteiger partial charge in [-0.3, -0.25) is 4.90 Å². The summed E-state index contributed by atoms with van der Waals surface area (Å²) in [6.45, 7) is 4.77. The summed E-state index contributed by atoms with van der Waals surface area (Å²) in [5, 5.41) is 20.6. The number of nitrogens with zero attached hydrogens (tertiary/aromatic N) is 1. The smallest absolute Gasteiger partial charge is 0.412 e. The molecule has 1 aliphatic heterocycles. The molecule has 5 heteroatoms. The minimum absolute atomic E-state index is 0.0146. The number of hydrogen-bond acceptors (Lipinski definition) is 4. The number of aliphatic hydroxyl groups excluding tert-OH is 1. The van der Waals surface area contributed by atoms with Crippen LogP contribution in [0.25, 0.3) is 0 Å². The van der Waals surface area contributed by atoms with Gasteiger partial charge in [-0.25, -0.2) is 4.79 Å². The second-order valence-electron chi connectivity index (χ2n) is 5.44. The maximum Gasteiger partial charge on any atom is 0.412 e. The van der Waals surface area contributed by atoms with Gasteiger partial charge < -0.3 is 14.9 Å². The van der Waals surface area contributed by atoms with Gasteiger partial charge >= 0.3 is 6.09 Å². The number of rotatable bonds is 3. The van der Waals surface area contributed by atoms with Gasteiger partial charge in [-0.1, -0.05) is 30.3 Å². The quantitative estimate of drug-likeness (QED) is 0.872. The molecule has 1 amide bonds. The number of carbonyl (C=O) groups excluding carboxylic acids is 1. The summed E-state index contributed by atoms with van der Waals surface area (Å²) in [5.41, 5.74) is -1.78. The van der Waals surface area contributed by atoms with Crippen LogP contribution in [0.5, 0.6) is 0 Å². The van der Waals surface area contributed by atoms with Crippen LogP contribution in [0.2, 0.25) is 0 Å². The predicted molar refractivity (Wildman–Crippen MR) is 69.3 cm³/mol. The largest absolute Gasteiger partial charge is 0.438 e. The Morgan fingerprint density at radius 1 is 1.26 bits per heavy atom. The summed E-state index contributed by atoms with van der Waals surface area (Å²) in [6, 6.07) is 9.00. The highest BCUT2D eigenvalue weighted by molar-refractivity contribution is 5.72. The molecular formula is C14H19NO4. The zero-order chi connectivity index (χ0) is 14.3. The second kappa shape index (κ2) is 4.51. The SMILES string of the molecule is CC1(C)OC(=O)N(C[C@H](O)c2ccccc2)[C@]1(C)O. The number of amides is 1. The maximum atomic E-state index is 11.8. The van der Waals surface area contributed by atoms with E-state index in [1.807, 2.05) is 18.2 Å². The van der Waals surface area contributed by atoms with Crippen LogP contribution < -0.4 is 0 Å². The molecule has 0 spiro atoms. The molecule has 19 heavy (non-hydrogen) atoms. The molecular weight excluding hydrogens is 246 g/mol. The number of carbonyl (C=O) groups is 1. The zero-order valence-corrected chi connectivity index (χ0v) is 11.3. The molecule has 0 aliphatic carbocycles. The van der Waals surface area contributed by atoms with E-state index < -0.39 is 23.5 Å². The third-order valence-electron chi connectivity index (χ3n) is 3.77. The Morgan fingerprint density at radius 2 is 1.84 bits per heavy atom. The summed E-state index contributed by atoms with van der Waals surface area (Å²) in [5.74, 6) is 0. The van der Waals surface area contributed by atoms with Crippen molar-refractivity contribution < 1.29 is 19.7 Å². The number of hydrogen-bond donors (Lipinski definition) is 2. The average Bonchev–Trinajstić information content (AvgIpc) is 2.49. The van der Waals surface area contributed by atoms with Crippen molar-refractivity contribution in [3.63, 3.8) is 0 Å². The van der Waals surface area contributed by atoms with Crippen molar-refractivity contribution in [1.82, 2.24) is 4.90 Å². The number of aliphatic hydroxyl groups is 2. The molecule has 1 aromatic carbocycles. The Hall–Kier alpha value is -1.59. The summed E-state index contributed by atoms with van der Waals surface area (Å²) in [7, 11) is 0. The van der Waals surface area contributed by atoms with Gasteiger partial charge in [0.25, 0.3) is 0 Å². The van der Waals surface area contributed by atoms with E-state index in [1.54, 1.807) is 26.0 Å². The van der Waals surface area contributed by atoms with Crippen LogP contribution in [0.15, 0.2) is 30.3 Å². The molecule has 2 rings (SSSR count). The van der Waals surface area contributed by atoms with Gasteiger partial charge in [-0.05, 0) is 26.3 Å². The van der Waals surface area contributed by atoms with Crippen molar-refractivity contribution in [1.29, 1.82) is 0 Å². The highest BCUT2D eigenvalue weighted by Crippen LogP contribution is 2.37.